The highest BCUT2D eigenvalue weighted by atomic mass is 32.2. The summed E-state index contributed by atoms with van der Waals surface area (Å²) in [6, 6.07) is 6.13. The van der Waals surface area contributed by atoms with Gasteiger partial charge in [-0.15, -0.1) is 0 Å². The van der Waals surface area contributed by atoms with Crippen molar-refractivity contribution in [3.8, 4) is 0 Å². The van der Waals surface area contributed by atoms with Gasteiger partial charge in [-0.05, 0) is 30.9 Å². The summed E-state index contributed by atoms with van der Waals surface area (Å²) in [6.45, 7) is 8.30. The van der Waals surface area contributed by atoms with Crippen LogP contribution in [0, 0.1) is 19.8 Å². The van der Waals surface area contributed by atoms with Crippen molar-refractivity contribution in [3.05, 3.63) is 34.9 Å². The molecule has 17 heavy (non-hydrogen) atoms. The van der Waals surface area contributed by atoms with Gasteiger partial charge in [0.15, 0.2) is 0 Å². The fraction of sp³-hybridized carbons (Fsp3) is 0.571. The molecule has 2 N–H and O–H groups in total. The molecule has 0 radical (unpaired) electrons. The molecule has 0 aliphatic carbocycles. The molecule has 0 aliphatic rings. The topological polar surface area (TPSA) is 43.1 Å². The smallest absolute Gasteiger partial charge is 0.0428 e. The van der Waals surface area contributed by atoms with Gasteiger partial charge in [0.2, 0.25) is 0 Å². The van der Waals surface area contributed by atoms with Gasteiger partial charge in [0, 0.05) is 28.3 Å². The Bertz CT molecular complexity index is 401. The van der Waals surface area contributed by atoms with Crippen molar-refractivity contribution >= 4 is 10.8 Å². The molecule has 1 rings (SSSR count). The number of hydrogen-bond acceptors (Lipinski definition) is 2. The van der Waals surface area contributed by atoms with Gasteiger partial charge in [0.1, 0.15) is 0 Å². The summed E-state index contributed by atoms with van der Waals surface area (Å²) in [5.74, 6) is 1.75. The monoisotopic (exact) mass is 253 g/mol. The highest BCUT2D eigenvalue weighted by Gasteiger charge is 2.13. The van der Waals surface area contributed by atoms with E-state index in [0.717, 1.165) is 11.3 Å². The molecule has 0 aliphatic heterocycles. The molecular formula is C14H23NOS. The molecule has 0 saturated carbocycles. The highest BCUT2D eigenvalue weighted by molar-refractivity contribution is 7.85. The summed E-state index contributed by atoms with van der Waals surface area (Å²) < 4.78 is 11.8. The van der Waals surface area contributed by atoms with Crippen LogP contribution < -0.4 is 5.73 Å². The predicted octanol–water partition coefficient (Wildman–Crippen LogP) is 2.71. The van der Waals surface area contributed by atoms with Crippen molar-refractivity contribution in [2.75, 3.05) is 11.5 Å². The van der Waals surface area contributed by atoms with Gasteiger partial charge < -0.3 is 5.73 Å². The molecule has 2 unspecified atom stereocenters. The van der Waals surface area contributed by atoms with Crippen molar-refractivity contribution in [1.29, 1.82) is 0 Å². The van der Waals surface area contributed by atoms with E-state index in [0.29, 0.717) is 11.7 Å². The Balaban J connectivity index is 2.69. The number of hydrogen-bond donors (Lipinski definition) is 1. The average Bonchev–Trinajstić information content (AvgIpc) is 2.15. The molecule has 0 saturated heterocycles. The summed E-state index contributed by atoms with van der Waals surface area (Å²) in [5, 5.41) is 0. The quantitative estimate of drug-likeness (QED) is 0.876. The van der Waals surface area contributed by atoms with Crippen LogP contribution in [0.3, 0.4) is 0 Å². The second-order valence-corrected chi connectivity index (χ2v) is 6.68. The maximum Gasteiger partial charge on any atom is 0.0428 e. The van der Waals surface area contributed by atoms with E-state index in [-0.39, 0.29) is 6.04 Å². The van der Waals surface area contributed by atoms with Crippen molar-refractivity contribution < 1.29 is 4.21 Å². The van der Waals surface area contributed by atoms with Crippen LogP contribution in [0.2, 0.25) is 0 Å². The van der Waals surface area contributed by atoms with Crippen molar-refractivity contribution in [2.45, 2.75) is 33.7 Å². The second-order valence-electron chi connectivity index (χ2n) is 5.13. The zero-order chi connectivity index (χ0) is 13.0. The minimum Gasteiger partial charge on any atom is -0.323 e. The standard InChI is InChI=1S/C14H23NOS/c1-10(2)8-17(16)9-14(15)13-6-5-11(3)7-12(13)4/h5-7,10,14H,8-9,15H2,1-4H3. The second kappa shape index (κ2) is 6.31. The lowest BCUT2D eigenvalue weighted by Gasteiger charge is -2.15. The van der Waals surface area contributed by atoms with Crippen LogP contribution in [-0.4, -0.2) is 15.7 Å². The molecular weight excluding hydrogens is 230 g/mol. The first kappa shape index (κ1) is 14.4. The Morgan fingerprint density at radius 1 is 1.24 bits per heavy atom. The molecule has 2 atom stereocenters. The predicted molar refractivity (Wildman–Crippen MR) is 75.6 cm³/mol. The SMILES string of the molecule is Cc1ccc(C(N)CS(=O)CC(C)C)c(C)c1. The Labute approximate surface area is 107 Å². The van der Waals surface area contributed by atoms with Crippen molar-refractivity contribution in [3.63, 3.8) is 0 Å². The third-order valence-electron chi connectivity index (χ3n) is 2.71. The summed E-state index contributed by atoms with van der Waals surface area (Å²) in [5.41, 5.74) is 9.68. The maximum absolute atomic E-state index is 11.8. The van der Waals surface area contributed by atoms with Gasteiger partial charge in [-0.3, -0.25) is 4.21 Å². The molecule has 0 fully saturated rings. The molecule has 3 heteroatoms. The summed E-state index contributed by atoms with van der Waals surface area (Å²) in [6.07, 6.45) is 0. The van der Waals surface area contributed by atoms with Crippen LogP contribution >= 0.6 is 0 Å². The van der Waals surface area contributed by atoms with Gasteiger partial charge in [-0.25, -0.2) is 0 Å². The fourth-order valence-corrected chi connectivity index (χ4v) is 3.43. The van der Waals surface area contributed by atoms with E-state index in [9.17, 15) is 4.21 Å². The Morgan fingerprint density at radius 3 is 2.41 bits per heavy atom. The highest BCUT2D eigenvalue weighted by Crippen LogP contribution is 2.18. The van der Waals surface area contributed by atoms with Crippen LogP contribution in [0.15, 0.2) is 18.2 Å². The lowest BCUT2D eigenvalue weighted by Crippen LogP contribution is -2.21. The molecule has 2 nitrogen and oxygen atoms in total. The van der Waals surface area contributed by atoms with E-state index in [2.05, 4.69) is 45.9 Å². The van der Waals surface area contributed by atoms with Crippen LogP contribution in [0.5, 0.6) is 0 Å². The Kier molecular flexibility index (Phi) is 5.34. The van der Waals surface area contributed by atoms with Crippen LogP contribution in [0.4, 0.5) is 0 Å². The van der Waals surface area contributed by atoms with E-state index in [1.807, 2.05) is 0 Å². The molecule has 0 heterocycles. The van der Waals surface area contributed by atoms with Crippen molar-refractivity contribution in [1.82, 2.24) is 0 Å². The van der Waals surface area contributed by atoms with E-state index >= 15 is 0 Å². The summed E-state index contributed by atoms with van der Waals surface area (Å²) >= 11 is 0. The fourth-order valence-electron chi connectivity index (χ4n) is 1.97. The lowest BCUT2D eigenvalue weighted by atomic mass is 10.0. The first-order valence-corrected chi connectivity index (χ1v) is 7.56. The van der Waals surface area contributed by atoms with Crippen LogP contribution in [-0.2, 0) is 10.8 Å². The van der Waals surface area contributed by atoms with Gasteiger partial charge in [-0.2, -0.15) is 0 Å². The molecule has 0 spiro atoms. The number of aryl methyl sites for hydroxylation is 2. The van der Waals surface area contributed by atoms with Crippen LogP contribution in [0.25, 0.3) is 0 Å². The van der Waals surface area contributed by atoms with Crippen molar-refractivity contribution in [2.24, 2.45) is 11.7 Å². The van der Waals surface area contributed by atoms with Gasteiger partial charge in [-0.1, -0.05) is 37.6 Å². The molecule has 0 bridgehead atoms. The minimum atomic E-state index is -0.819. The Morgan fingerprint density at radius 2 is 1.88 bits per heavy atom. The zero-order valence-electron chi connectivity index (χ0n) is 11.2. The third kappa shape index (κ3) is 4.60. The minimum absolute atomic E-state index is 0.116. The number of benzene rings is 1. The normalized spacial score (nSPS) is 14.9. The van der Waals surface area contributed by atoms with Gasteiger partial charge in [0.05, 0.1) is 0 Å². The number of nitrogens with two attached hydrogens (primary N) is 1. The van der Waals surface area contributed by atoms with E-state index in [1.54, 1.807) is 0 Å². The van der Waals surface area contributed by atoms with E-state index in [4.69, 9.17) is 5.73 Å². The first-order chi connectivity index (χ1) is 7.90. The molecule has 1 aromatic carbocycles. The largest absolute Gasteiger partial charge is 0.323 e. The molecule has 96 valence electrons. The van der Waals surface area contributed by atoms with Crippen LogP contribution in [0.1, 0.15) is 36.6 Å². The molecule has 1 aromatic rings. The average molecular weight is 253 g/mol. The van der Waals surface area contributed by atoms with E-state index in [1.165, 1.54) is 11.1 Å². The van der Waals surface area contributed by atoms with Gasteiger partial charge >= 0.3 is 0 Å². The number of rotatable bonds is 5. The van der Waals surface area contributed by atoms with E-state index < -0.39 is 10.8 Å². The molecule has 0 amide bonds. The Hall–Kier alpha value is -0.670. The van der Waals surface area contributed by atoms with Gasteiger partial charge in [0.25, 0.3) is 0 Å². The molecule has 0 aromatic heterocycles. The summed E-state index contributed by atoms with van der Waals surface area (Å²) in [7, 11) is -0.819. The third-order valence-corrected chi connectivity index (χ3v) is 4.48. The first-order valence-electron chi connectivity index (χ1n) is 6.08. The zero-order valence-corrected chi connectivity index (χ0v) is 12.0. The lowest BCUT2D eigenvalue weighted by molar-refractivity contribution is 0.657. The maximum atomic E-state index is 11.8. The summed E-state index contributed by atoms with van der Waals surface area (Å²) in [4.78, 5) is 0.